The molecule has 1 aromatic heterocycles. The lowest BCUT2D eigenvalue weighted by atomic mass is 10.2. The number of non-ortho nitro benzene ring substituents is 1. The highest BCUT2D eigenvalue weighted by Crippen LogP contribution is 2.31. The van der Waals surface area contributed by atoms with E-state index < -0.39 is 20.9 Å². The second kappa shape index (κ2) is 7.80. The molecular weight excluding hydrogens is 402 g/mol. The number of carbonyl (C=O) groups is 1. The molecule has 3 aromatic rings. The summed E-state index contributed by atoms with van der Waals surface area (Å²) >= 11 is 0. The van der Waals surface area contributed by atoms with Gasteiger partial charge in [-0.3, -0.25) is 19.6 Å². The number of rotatable bonds is 7. The molecule has 0 aliphatic carbocycles. The molecule has 10 nitrogen and oxygen atoms in total. The lowest BCUT2D eigenvalue weighted by Crippen LogP contribution is -2.13. The number of anilines is 1. The second-order valence-electron chi connectivity index (χ2n) is 5.99. The van der Waals surface area contributed by atoms with Crippen LogP contribution in [0.25, 0.3) is 10.9 Å². The van der Waals surface area contributed by atoms with E-state index in [1.807, 2.05) is 0 Å². The van der Waals surface area contributed by atoms with Gasteiger partial charge >= 0.3 is 5.97 Å². The molecule has 11 heteroatoms. The number of methoxy groups -OCH3 is 2. The molecule has 0 aliphatic rings. The van der Waals surface area contributed by atoms with Gasteiger partial charge in [0.2, 0.25) is 0 Å². The average Bonchev–Trinajstić information content (AvgIpc) is 3.06. The van der Waals surface area contributed by atoms with Crippen LogP contribution in [0.4, 0.5) is 11.4 Å². The van der Waals surface area contributed by atoms with Crippen LogP contribution in [0.2, 0.25) is 0 Å². The van der Waals surface area contributed by atoms with Crippen LogP contribution in [0.1, 0.15) is 0 Å². The van der Waals surface area contributed by atoms with E-state index in [0.717, 1.165) is 6.07 Å². The predicted octanol–water partition coefficient (Wildman–Crippen LogP) is 2.53. The van der Waals surface area contributed by atoms with Gasteiger partial charge in [-0.1, -0.05) is 6.07 Å². The van der Waals surface area contributed by atoms with Crippen molar-refractivity contribution in [3.63, 3.8) is 0 Å². The van der Waals surface area contributed by atoms with Crippen LogP contribution in [0.15, 0.2) is 53.6 Å². The van der Waals surface area contributed by atoms with Crippen LogP contribution < -0.4 is 9.46 Å². The monoisotopic (exact) mass is 419 g/mol. The number of benzene rings is 2. The fourth-order valence-electron chi connectivity index (χ4n) is 2.81. The normalized spacial score (nSPS) is 11.2. The first-order valence-corrected chi connectivity index (χ1v) is 9.74. The second-order valence-corrected chi connectivity index (χ2v) is 7.64. The van der Waals surface area contributed by atoms with Crippen LogP contribution in [-0.4, -0.2) is 38.1 Å². The number of ether oxygens (including phenoxy) is 2. The van der Waals surface area contributed by atoms with Crippen molar-refractivity contribution in [3.8, 4) is 5.75 Å². The molecule has 29 heavy (non-hydrogen) atoms. The Morgan fingerprint density at radius 3 is 2.62 bits per heavy atom. The Morgan fingerprint density at radius 2 is 1.97 bits per heavy atom. The third-order valence-electron chi connectivity index (χ3n) is 4.18. The first-order chi connectivity index (χ1) is 13.7. The van der Waals surface area contributed by atoms with Crippen molar-refractivity contribution in [1.29, 1.82) is 0 Å². The summed E-state index contributed by atoms with van der Waals surface area (Å²) < 4.78 is 39.5. The number of fused-ring (bicyclic) bond motifs is 1. The Hall–Kier alpha value is -3.60. The lowest BCUT2D eigenvalue weighted by molar-refractivity contribution is -0.384. The highest BCUT2D eigenvalue weighted by Gasteiger charge is 2.24. The Labute approximate surface area is 165 Å². The number of nitrogens with one attached hydrogen (secondary N) is 1. The van der Waals surface area contributed by atoms with Crippen molar-refractivity contribution in [2.24, 2.45) is 0 Å². The van der Waals surface area contributed by atoms with Crippen molar-refractivity contribution in [2.45, 2.75) is 11.4 Å². The molecule has 0 unspecified atom stereocenters. The van der Waals surface area contributed by atoms with Gasteiger partial charge in [0.1, 0.15) is 17.2 Å². The first kappa shape index (κ1) is 20.1. The van der Waals surface area contributed by atoms with Crippen molar-refractivity contribution in [2.75, 3.05) is 18.9 Å². The van der Waals surface area contributed by atoms with Crippen LogP contribution in [0, 0.1) is 10.1 Å². The van der Waals surface area contributed by atoms with E-state index in [1.54, 1.807) is 12.1 Å². The molecule has 3 rings (SSSR count). The number of sulfonamides is 1. The van der Waals surface area contributed by atoms with Gasteiger partial charge in [-0.05, 0) is 18.2 Å². The Balaban J connectivity index is 2.13. The minimum absolute atomic E-state index is 0.110. The van der Waals surface area contributed by atoms with Crippen molar-refractivity contribution >= 4 is 38.3 Å². The molecule has 152 valence electrons. The first-order valence-electron chi connectivity index (χ1n) is 8.26. The summed E-state index contributed by atoms with van der Waals surface area (Å²) in [5.41, 5.74) is 0.321. The van der Waals surface area contributed by atoms with E-state index in [2.05, 4.69) is 9.46 Å². The number of esters is 1. The highest BCUT2D eigenvalue weighted by molar-refractivity contribution is 7.93. The van der Waals surface area contributed by atoms with E-state index in [9.17, 15) is 23.3 Å². The number of carbonyl (C=O) groups excluding carboxylic acids is 1. The number of hydrogen-bond donors (Lipinski definition) is 1. The standard InChI is InChI=1S/C18H17N3O7S/c1-27-14-5-3-4-12(8-14)19-29(25,26)17-10-20(11-18(22)28-2)16-7-6-13(21(23)24)9-15(16)17/h3-10,19H,11H2,1-2H3. The van der Waals surface area contributed by atoms with E-state index >= 15 is 0 Å². The van der Waals surface area contributed by atoms with E-state index in [1.165, 1.54) is 49.2 Å². The van der Waals surface area contributed by atoms with Gasteiger partial charge in [-0.25, -0.2) is 8.42 Å². The minimum atomic E-state index is -4.13. The zero-order valence-corrected chi connectivity index (χ0v) is 16.3. The van der Waals surface area contributed by atoms with Gasteiger partial charge in [-0.2, -0.15) is 0 Å². The third-order valence-corrected chi connectivity index (χ3v) is 5.59. The zero-order valence-electron chi connectivity index (χ0n) is 15.5. The van der Waals surface area contributed by atoms with Crippen LogP contribution in [-0.2, 0) is 26.1 Å². The van der Waals surface area contributed by atoms with Gasteiger partial charge in [0, 0.05) is 29.8 Å². The Morgan fingerprint density at radius 1 is 1.21 bits per heavy atom. The largest absolute Gasteiger partial charge is 0.497 e. The van der Waals surface area contributed by atoms with Gasteiger partial charge in [0.25, 0.3) is 15.7 Å². The highest BCUT2D eigenvalue weighted by atomic mass is 32.2. The van der Waals surface area contributed by atoms with Crippen LogP contribution in [0.3, 0.4) is 0 Å². The SMILES string of the molecule is COC(=O)Cn1cc(S(=O)(=O)Nc2cccc(OC)c2)c2cc([N+](=O)[O-])ccc21. The molecule has 0 saturated carbocycles. The predicted molar refractivity (Wildman–Crippen MR) is 104 cm³/mol. The fourth-order valence-corrected chi connectivity index (χ4v) is 4.08. The molecule has 0 spiro atoms. The molecule has 0 aliphatic heterocycles. The average molecular weight is 419 g/mol. The number of aromatic nitrogens is 1. The Kier molecular flexibility index (Phi) is 5.41. The van der Waals surface area contributed by atoms with Gasteiger partial charge < -0.3 is 14.0 Å². The maximum atomic E-state index is 13.0. The number of nitro benzene ring substituents is 1. The maximum Gasteiger partial charge on any atom is 0.325 e. The minimum Gasteiger partial charge on any atom is -0.497 e. The molecule has 2 aromatic carbocycles. The van der Waals surface area contributed by atoms with E-state index in [-0.39, 0.29) is 28.2 Å². The van der Waals surface area contributed by atoms with Crippen LogP contribution >= 0.6 is 0 Å². The van der Waals surface area contributed by atoms with Crippen molar-refractivity contribution in [1.82, 2.24) is 4.57 Å². The molecule has 0 atom stereocenters. The number of nitrogens with zero attached hydrogens (tertiary/aromatic N) is 2. The summed E-state index contributed by atoms with van der Waals surface area (Å²) in [7, 11) is -1.47. The van der Waals surface area contributed by atoms with Gasteiger partial charge in [-0.15, -0.1) is 0 Å². The molecule has 0 bridgehead atoms. The van der Waals surface area contributed by atoms with Crippen molar-refractivity contribution < 1.29 is 27.6 Å². The van der Waals surface area contributed by atoms with Crippen molar-refractivity contribution in [3.05, 3.63) is 58.8 Å². The fraction of sp³-hybridized carbons (Fsp3) is 0.167. The smallest absolute Gasteiger partial charge is 0.325 e. The molecule has 0 radical (unpaired) electrons. The molecule has 1 N–H and O–H groups in total. The summed E-state index contributed by atoms with van der Waals surface area (Å²) in [5.74, 6) is -0.140. The summed E-state index contributed by atoms with van der Waals surface area (Å²) in [5, 5.41) is 11.3. The lowest BCUT2D eigenvalue weighted by Gasteiger charge is -2.08. The van der Waals surface area contributed by atoms with Crippen LogP contribution in [0.5, 0.6) is 5.75 Å². The number of nitro groups is 1. The quantitative estimate of drug-likeness (QED) is 0.354. The summed E-state index contributed by atoms with van der Waals surface area (Å²) in [6, 6.07) is 10.1. The molecule has 0 saturated heterocycles. The summed E-state index contributed by atoms with van der Waals surface area (Å²) in [6.45, 7) is -0.251. The van der Waals surface area contributed by atoms with Gasteiger partial charge in [0.05, 0.1) is 30.3 Å². The number of hydrogen-bond acceptors (Lipinski definition) is 7. The maximum absolute atomic E-state index is 13.0. The molecule has 1 heterocycles. The van der Waals surface area contributed by atoms with E-state index in [4.69, 9.17) is 4.74 Å². The summed E-state index contributed by atoms with van der Waals surface area (Å²) in [6.07, 6.45) is 1.24. The third kappa shape index (κ3) is 4.14. The van der Waals surface area contributed by atoms with E-state index in [0.29, 0.717) is 11.3 Å². The molecule has 0 fully saturated rings. The molecular formula is C18H17N3O7S. The van der Waals surface area contributed by atoms with Gasteiger partial charge in [0.15, 0.2) is 0 Å². The summed E-state index contributed by atoms with van der Waals surface area (Å²) in [4.78, 5) is 22.0. The zero-order chi connectivity index (χ0) is 21.2. The Bertz CT molecular complexity index is 1200. The molecule has 0 amide bonds. The topological polar surface area (TPSA) is 130 Å².